The van der Waals surface area contributed by atoms with Gasteiger partial charge >= 0.3 is 0 Å². The average Bonchev–Trinajstić information content (AvgIpc) is 3.09. The molecule has 2 heteroatoms. The van der Waals surface area contributed by atoms with Crippen molar-refractivity contribution in [2.75, 3.05) is 7.11 Å². The van der Waals surface area contributed by atoms with Crippen LogP contribution in [0.25, 0.3) is 0 Å². The zero-order valence-electron chi connectivity index (χ0n) is 12.2. The van der Waals surface area contributed by atoms with Crippen LogP contribution in [-0.2, 0) is 5.41 Å². The first-order valence-electron chi connectivity index (χ1n) is 6.79. The smallest absolute Gasteiger partial charge is 0.122 e. The van der Waals surface area contributed by atoms with Crippen molar-refractivity contribution >= 4 is 0 Å². The van der Waals surface area contributed by atoms with Gasteiger partial charge in [-0.15, -0.1) is 0 Å². The Labute approximate surface area is 111 Å². The van der Waals surface area contributed by atoms with Crippen LogP contribution < -0.4 is 10.5 Å². The zero-order valence-corrected chi connectivity index (χ0v) is 12.2. The van der Waals surface area contributed by atoms with E-state index in [-0.39, 0.29) is 11.5 Å². The van der Waals surface area contributed by atoms with Crippen LogP contribution in [0.15, 0.2) is 12.1 Å². The van der Waals surface area contributed by atoms with Crippen molar-refractivity contribution in [3.63, 3.8) is 0 Å². The Balaban J connectivity index is 2.48. The highest BCUT2D eigenvalue weighted by Gasteiger charge is 2.31. The molecule has 0 radical (unpaired) electrons. The summed E-state index contributed by atoms with van der Waals surface area (Å²) in [7, 11) is 1.74. The molecule has 0 heterocycles. The lowest BCUT2D eigenvalue weighted by atomic mass is 9.83. The van der Waals surface area contributed by atoms with E-state index in [0.717, 1.165) is 5.75 Å². The molecular weight excluding hydrogens is 222 g/mol. The third-order valence-corrected chi connectivity index (χ3v) is 3.89. The van der Waals surface area contributed by atoms with Crippen LogP contribution >= 0.6 is 0 Å². The molecule has 18 heavy (non-hydrogen) atoms. The van der Waals surface area contributed by atoms with E-state index in [2.05, 4.69) is 39.8 Å². The molecule has 0 bridgehead atoms. The number of aryl methyl sites for hydroxylation is 1. The summed E-state index contributed by atoms with van der Waals surface area (Å²) in [6.07, 6.45) is 2.55. The molecule has 0 saturated heterocycles. The molecule has 100 valence electrons. The molecule has 1 unspecified atom stereocenters. The molecule has 1 fully saturated rings. The Morgan fingerprint density at radius 3 is 2.33 bits per heavy atom. The minimum atomic E-state index is 0.0804. The molecule has 2 N–H and O–H groups in total. The lowest BCUT2D eigenvalue weighted by Crippen LogP contribution is -2.18. The lowest BCUT2D eigenvalue weighted by Gasteiger charge is -2.25. The summed E-state index contributed by atoms with van der Waals surface area (Å²) in [6.45, 7) is 8.78. The number of hydrogen-bond donors (Lipinski definition) is 1. The first kappa shape index (κ1) is 13.4. The molecule has 1 saturated carbocycles. The topological polar surface area (TPSA) is 35.2 Å². The van der Waals surface area contributed by atoms with Gasteiger partial charge in [-0.05, 0) is 59.9 Å². The monoisotopic (exact) mass is 247 g/mol. The molecule has 2 rings (SSSR count). The van der Waals surface area contributed by atoms with Gasteiger partial charge in [-0.3, -0.25) is 0 Å². The van der Waals surface area contributed by atoms with Crippen LogP contribution in [0.2, 0.25) is 0 Å². The molecule has 1 aromatic carbocycles. The number of nitrogens with two attached hydrogens (primary N) is 1. The summed E-state index contributed by atoms with van der Waals surface area (Å²) in [6, 6.07) is 4.59. The van der Waals surface area contributed by atoms with Gasteiger partial charge in [-0.25, -0.2) is 0 Å². The predicted octanol–water partition coefficient (Wildman–Crippen LogP) is 3.71. The van der Waals surface area contributed by atoms with E-state index in [0.29, 0.717) is 5.92 Å². The Morgan fingerprint density at radius 2 is 1.89 bits per heavy atom. The molecule has 1 aliphatic carbocycles. The standard InChI is InChI=1S/C16H25NO/c1-10-8-14(18-5)13(16(2,3)4)9-12(10)15(17)11-6-7-11/h8-9,11,15H,6-7,17H2,1-5H3. The summed E-state index contributed by atoms with van der Waals surface area (Å²) in [5, 5.41) is 0. The molecule has 1 aliphatic rings. The van der Waals surface area contributed by atoms with E-state index in [1.54, 1.807) is 7.11 Å². The van der Waals surface area contributed by atoms with Crippen molar-refractivity contribution in [2.45, 2.75) is 52.0 Å². The van der Waals surface area contributed by atoms with Gasteiger partial charge in [0.2, 0.25) is 0 Å². The fraction of sp³-hybridized carbons (Fsp3) is 0.625. The van der Waals surface area contributed by atoms with E-state index < -0.39 is 0 Å². The van der Waals surface area contributed by atoms with Crippen LogP contribution in [0.5, 0.6) is 5.75 Å². The molecule has 0 amide bonds. The maximum absolute atomic E-state index is 6.36. The molecule has 1 aromatic rings. The Hall–Kier alpha value is -1.02. The van der Waals surface area contributed by atoms with Crippen molar-refractivity contribution < 1.29 is 4.74 Å². The largest absolute Gasteiger partial charge is 0.496 e. The van der Waals surface area contributed by atoms with Crippen molar-refractivity contribution in [2.24, 2.45) is 11.7 Å². The zero-order chi connectivity index (χ0) is 13.5. The maximum Gasteiger partial charge on any atom is 0.122 e. The number of benzene rings is 1. The second-order valence-electron chi connectivity index (χ2n) is 6.52. The van der Waals surface area contributed by atoms with Crippen LogP contribution in [0.3, 0.4) is 0 Å². The molecule has 0 aliphatic heterocycles. The first-order chi connectivity index (χ1) is 8.34. The van der Waals surface area contributed by atoms with Crippen molar-refractivity contribution in [1.82, 2.24) is 0 Å². The quantitative estimate of drug-likeness (QED) is 0.883. The van der Waals surface area contributed by atoms with Gasteiger partial charge < -0.3 is 10.5 Å². The first-order valence-corrected chi connectivity index (χ1v) is 6.79. The molecule has 0 aromatic heterocycles. The Morgan fingerprint density at radius 1 is 1.28 bits per heavy atom. The minimum absolute atomic E-state index is 0.0804. The SMILES string of the molecule is COc1cc(C)c(C(N)C2CC2)cc1C(C)(C)C. The summed E-state index contributed by atoms with van der Waals surface area (Å²) < 4.78 is 5.52. The van der Waals surface area contributed by atoms with Gasteiger partial charge in [-0.2, -0.15) is 0 Å². The Kier molecular flexibility index (Phi) is 3.41. The van der Waals surface area contributed by atoms with Crippen LogP contribution in [0.1, 0.15) is 56.3 Å². The highest BCUT2D eigenvalue weighted by Crippen LogP contribution is 2.43. The number of ether oxygens (including phenoxy) is 1. The number of methoxy groups -OCH3 is 1. The number of hydrogen-bond acceptors (Lipinski definition) is 2. The summed E-state index contributed by atoms with van der Waals surface area (Å²) in [4.78, 5) is 0. The highest BCUT2D eigenvalue weighted by molar-refractivity contribution is 5.47. The summed E-state index contributed by atoms with van der Waals surface area (Å²) in [5.74, 6) is 1.66. The fourth-order valence-corrected chi connectivity index (χ4v) is 2.52. The molecular formula is C16H25NO. The fourth-order valence-electron chi connectivity index (χ4n) is 2.52. The molecule has 0 spiro atoms. The minimum Gasteiger partial charge on any atom is -0.496 e. The van der Waals surface area contributed by atoms with Crippen LogP contribution in [-0.4, -0.2) is 7.11 Å². The van der Waals surface area contributed by atoms with E-state index in [9.17, 15) is 0 Å². The van der Waals surface area contributed by atoms with E-state index in [1.165, 1.54) is 29.5 Å². The van der Waals surface area contributed by atoms with Gasteiger partial charge in [0.1, 0.15) is 5.75 Å². The normalized spacial score (nSPS) is 17.7. The van der Waals surface area contributed by atoms with Gasteiger partial charge in [0, 0.05) is 6.04 Å². The average molecular weight is 247 g/mol. The predicted molar refractivity (Wildman–Crippen MR) is 76.1 cm³/mol. The molecule has 2 nitrogen and oxygen atoms in total. The lowest BCUT2D eigenvalue weighted by molar-refractivity contribution is 0.396. The third-order valence-electron chi connectivity index (χ3n) is 3.89. The Bertz CT molecular complexity index is 441. The van der Waals surface area contributed by atoms with E-state index in [4.69, 9.17) is 10.5 Å². The van der Waals surface area contributed by atoms with Gasteiger partial charge in [0.25, 0.3) is 0 Å². The summed E-state index contributed by atoms with van der Waals surface area (Å²) >= 11 is 0. The van der Waals surface area contributed by atoms with Crippen molar-refractivity contribution in [3.05, 3.63) is 28.8 Å². The second kappa shape index (κ2) is 4.58. The second-order valence-corrected chi connectivity index (χ2v) is 6.52. The summed E-state index contributed by atoms with van der Waals surface area (Å²) in [5.41, 5.74) is 10.2. The van der Waals surface area contributed by atoms with Crippen molar-refractivity contribution in [1.29, 1.82) is 0 Å². The van der Waals surface area contributed by atoms with Gasteiger partial charge in [-0.1, -0.05) is 20.8 Å². The third kappa shape index (κ3) is 2.54. The maximum atomic E-state index is 6.36. The van der Waals surface area contributed by atoms with Crippen LogP contribution in [0.4, 0.5) is 0 Å². The van der Waals surface area contributed by atoms with E-state index in [1.807, 2.05) is 0 Å². The van der Waals surface area contributed by atoms with E-state index >= 15 is 0 Å². The molecule has 1 atom stereocenters. The number of rotatable bonds is 3. The van der Waals surface area contributed by atoms with Crippen LogP contribution in [0, 0.1) is 12.8 Å². The van der Waals surface area contributed by atoms with Gasteiger partial charge in [0.15, 0.2) is 0 Å². The van der Waals surface area contributed by atoms with Crippen molar-refractivity contribution in [3.8, 4) is 5.75 Å². The highest BCUT2D eigenvalue weighted by atomic mass is 16.5. The van der Waals surface area contributed by atoms with Gasteiger partial charge in [0.05, 0.1) is 7.11 Å².